The minimum Gasteiger partial charge on any atom is -0.497 e. The molecule has 1 aromatic rings. The Morgan fingerprint density at radius 1 is 1.21 bits per heavy atom. The van der Waals surface area contributed by atoms with Crippen LogP contribution in [0.3, 0.4) is 0 Å². The van der Waals surface area contributed by atoms with Crippen molar-refractivity contribution in [3.05, 3.63) is 29.8 Å². The number of methoxy groups -OCH3 is 1. The van der Waals surface area contributed by atoms with E-state index in [-0.39, 0.29) is 12.2 Å². The summed E-state index contributed by atoms with van der Waals surface area (Å²) in [4.78, 5) is 21.8. The van der Waals surface area contributed by atoms with Crippen molar-refractivity contribution >= 4 is 11.6 Å². The quantitative estimate of drug-likeness (QED) is 0.677. The van der Waals surface area contributed by atoms with E-state index in [1.165, 1.54) is 6.92 Å². The highest BCUT2D eigenvalue weighted by Gasteiger charge is 2.08. The fraction of sp³-hybridized carbons (Fsp3) is 0.273. The van der Waals surface area contributed by atoms with Crippen LogP contribution < -0.4 is 4.74 Å². The SMILES string of the molecule is COc1ccc(CC(=O)C(C)=O)cc1. The lowest BCUT2D eigenvalue weighted by atomic mass is 10.1. The average molecular weight is 192 g/mol. The Morgan fingerprint density at radius 3 is 2.21 bits per heavy atom. The number of Topliss-reactive ketones (excluding diaryl/α,β-unsaturated/α-hetero) is 2. The number of carbonyl (C=O) groups is 2. The molecule has 1 aromatic carbocycles. The predicted molar refractivity (Wildman–Crippen MR) is 52.4 cm³/mol. The standard InChI is InChI=1S/C11H12O3/c1-8(12)11(13)7-9-3-5-10(14-2)6-4-9/h3-6H,7H2,1-2H3. The first-order valence-electron chi connectivity index (χ1n) is 4.30. The van der Waals surface area contributed by atoms with Crippen LogP contribution in [0.5, 0.6) is 5.75 Å². The molecule has 0 aromatic heterocycles. The third-order valence-corrected chi connectivity index (χ3v) is 1.92. The molecule has 0 N–H and O–H groups in total. The van der Waals surface area contributed by atoms with E-state index in [1.807, 2.05) is 0 Å². The van der Waals surface area contributed by atoms with Crippen molar-refractivity contribution < 1.29 is 14.3 Å². The van der Waals surface area contributed by atoms with Gasteiger partial charge in [-0.3, -0.25) is 9.59 Å². The first-order valence-corrected chi connectivity index (χ1v) is 4.30. The Kier molecular flexibility index (Phi) is 3.40. The lowest BCUT2D eigenvalue weighted by Gasteiger charge is -2.01. The van der Waals surface area contributed by atoms with Gasteiger partial charge in [-0.05, 0) is 17.7 Å². The number of hydrogen-bond acceptors (Lipinski definition) is 3. The zero-order chi connectivity index (χ0) is 10.6. The maximum absolute atomic E-state index is 11.1. The molecule has 14 heavy (non-hydrogen) atoms. The molecule has 0 aliphatic heterocycles. The van der Waals surface area contributed by atoms with Crippen molar-refractivity contribution in [1.82, 2.24) is 0 Å². The van der Waals surface area contributed by atoms with Crippen molar-refractivity contribution in [3.63, 3.8) is 0 Å². The molecule has 0 spiro atoms. The number of carbonyl (C=O) groups excluding carboxylic acids is 2. The summed E-state index contributed by atoms with van der Waals surface area (Å²) < 4.78 is 4.97. The highest BCUT2D eigenvalue weighted by molar-refractivity contribution is 6.36. The van der Waals surface area contributed by atoms with Crippen molar-refractivity contribution in [2.24, 2.45) is 0 Å². The largest absolute Gasteiger partial charge is 0.497 e. The van der Waals surface area contributed by atoms with Crippen molar-refractivity contribution in [1.29, 1.82) is 0 Å². The van der Waals surface area contributed by atoms with E-state index in [2.05, 4.69) is 0 Å². The summed E-state index contributed by atoms with van der Waals surface area (Å²) in [6, 6.07) is 7.09. The molecule has 3 nitrogen and oxygen atoms in total. The fourth-order valence-corrected chi connectivity index (χ4v) is 1.05. The zero-order valence-corrected chi connectivity index (χ0v) is 8.24. The highest BCUT2D eigenvalue weighted by atomic mass is 16.5. The van der Waals surface area contributed by atoms with Crippen molar-refractivity contribution in [2.75, 3.05) is 7.11 Å². The summed E-state index contributed by atoms with van der Waals surface area (Å²) in [5.41, 5.74) is 0.825. The van der Waals surface area contributed by atoms with Gasteiger partial charge in [0.15, 0.2) is 5.78 Å². The Balaban J connectivity index is 2.69. The van der Waals surface area contributed by atoms with Gasteiger partial charge in [-0.2, -0.15) is 0 Å². The molecule has 0 fully saturated rings. The van der Waals surface area contributed by atoms with Gasteiger partial charge < -0.3 is 4.74 Å². The van der Waals surface area contributed by atoms with E-state index in [9.17, 15) is 9.59 Å². The van der Waals surface area contributed by atoms with Crippen LogP contribution in [-0.2, 0) is 16.0 Å². The number of rotatable bonds is 4. The number of ether oxygens (including phenoxy) is 1. The molecule has 0 amide bonds. The molecule has 3 heteroatoms. The molecular formula is C11H12O3. The zero-order valence-electron chi connectivity index (χ0n) is 8.24. The molecule has 0 heterocycles. The van der Waals surface area contributed by atoms with Gasteiger partial charge in [0, 0.05) is 13.3 Å². The fourth-order valence-electron chi connectivity index (χ4n) is 1.05. The first-order chi connectivity index (χ1) is 6.63. The normalized spacial score (nSPS) is 9.57. The molecule has 74 valence electrons. The molecule has 0 aliphatic carbocycles. The van der Waals surface area contributed by atoms with Gasteiger partial charge in [0.05, 0.1) is 7.11 Å². The van der Waals surface area contributed by atoms with Gasteiger partial charge >= 0.3 is 0 Å². The van der Waals surface area contributed by atoms with E-state index in [0.717, 1.165) is 11.3 Å². The van der Waals surface area contributed by atoms with Gasteiger partial charge in [0.25, 0.3) is 0 Å². The van der Waals surface area contributed by atoms with Crippen LogP contribution in [0.25, 0.3) is 0 Å². The second-order valence-electron chi connectivity index (χ2n) is 3.00. The summed E-state index contributed by atoms with van der Waals surface area (Å²) in [5.74, 6) is -0.0278. The Labute approximate surface area is 82.7 Å². The van der Waals surface area contributed by atoms with Crippen LogP contribution in [0, 0.1) is 0 Å². The van der Waals surface area contributed by atoms with Crippen LogP contribution in [0.15, 0.2) is 24.3 Å². The molecule has 0 saturated heterocycles. The van der Waals surface area contributed by atoms with E-state index in [1.54, 1.807) is 31.4 Å². The van der Waals surface area contributed by atoms with Gasteiger partial charge in [-0.1, -0.05) is 12.1 Å². The van der Waals surface area contributed by atoms with Gasteiger partial charge in [-0.15, -0.1) is 0 Å². The van der Waals surface area contributed by atoms with Crippen LogP contribution >= 0.6 is 0 Å². The van der Waals surface area contributed by atoms with Gasteiger partial charge in [0.2, 0.25) is 5.78 Å². The topological polar surface area (TPSA) is 43.4 Å². The van der Waals surface area contributed by atoms with E-state index in [4.69, 9.17) is 4.74 Å². The van der Waals surface area contributed by atoms with Crippen molar-refractivity contribution in [2.45, 2.75) is 13.3 Å². The Bertz CT molecular complexity index is 338. The second kappa shape index (κ2) is 4.56. The Morgan fingerprint density at radius 2 is 1.79 bits per heavy atom. The molecule has 1 rings (SSSR count). The molecule has 0 bridgehead atoms. The van der Waals surface area contributed by atoms with Crippen LogP contribution in [-0.4, -0.2) is 18.7 Å². The van der Waals surface area contributed by atoms with E-state index >= 15 is 0 Å². The lowest BCUT2D eigenvalue weighted by molar-refractivity contribution is -0.134. The highest BCUT2D eigenvalue weighted by Crippen LogP contribution is 2.11. The third-order valence-electron chi connectivity index (χ3n) is 1.92. The monoisotopic (exact) mass is 192 g/mol. The number of hydrogen-bond donors (Lipinski definition) is 0. The molecule has 0 unspecified atom stereocenters. The molecule has 0 radical (unpaired) electrons. The van der Waals surface area contributed by atoms with E-state index in [0.29, 0.717) is 0 Å². The van der Waals surface area contributed by atoms with Gasteiger partial charge in [0.1, 0.15) is 5.75 Å². The van der Waals surface area contributed by atoms with E-state index < -0.39 is 5.78 Å². The summed E-state index contributed by atoms with van der Waals surface area (Å²) >= 11 is 0. The van der Waals surface area contributed by atoms with Crippen molar-refractivity contribution in [3.8, 4) is 5.75 Å². The summed E-state index contributed by atoms with van der Waals surface area (Å²) in [5, 5.41) is 0. The minimum atomic E-state index is -0.402. The van der Waals surface area contributed by atoms with Crippen LogP contribution in [0.4, 0.5) is 0 Å². The van der Waals surface area contributed by atoms with Gasteiger partial charge in [-0.25, -0.2) is 0 Å². The molecule has 0 atom stereocenters. The summed E-state index contributed by atoms with van der Waals surface area (Å²) in [6.45, 7) is 1.28. The molecule has 0 aliphatic rings. The Hall–Kier alpha value is -1.64. The second-order valence-corrected chi connectivity index (χ2v) is 3.00. The smallest absolute Gasteiger partial charge is 0.202 e. The minimum absolute atomic E-state index is 0.166. The third kappa shape index (κ3) is 2.69. The lowest BCUT2D eigenvalue weighted by Crippen LogP contribution is -2.12. The maximum atomic E-state index is 11.1. The maximum Gasteiger partial charge on any atom is 0.202 e. The molecular weight excluding hydrogens is 180 g/mol. The summed E-state index contributed by atoms with van der Waals surface area (Å²) in [6.07, 6.45) is 0.166. The average Bonchev–Trinajstić information content (AvgIpc) is 2.19. The predicted octanol–water partition coefficient (Wildman–Crippen LogP) is 1.40. The molecule has 0 saturated carbocycles. The number of ketones is 2. The van der Waals surface area contributed by atoms with Crippen LogP contribution in [0.2, 0.25) is 0 Å². The number of benzene rings is 1. The van der Waals surface area contributed by atoms with Crippen LogP contribution in [0.1, 0.15) is 12.5 Å². The first kappa shape index (κ1) is 10.4. The summed E-state index contributed by atoms with van der Waals surface area (Å²) in [7, 11) is 1.58.